The van der Waals surface area contributed by atoms with Gasteiger partial charge in [0.05, 0.1) is 12.2 Å². The van der Waals surface area contributed by atoms with E-state index in [1.807, 2.05) is 43.3 Å². The van der Waals surface area contributed by atoms with Crippen LogP contribution in [0.25, 0.3) is 11.1 Å². The molecule has 0 aromatic heterocycles. The molecule has 1 heterocycles. The highest BCUT2D eigenvalue weighted by molar-refractivity contribution is 6.30. The molecule has 1 aliphatic rings. The first-order chi connectivity index (χ1) is 15.1. The Morgan fingerprint density at radius 2 is 1.65 bits per heavy atom. The van der Waals surface area contributed by atoms with Crippen molar-refractivity contribution in [3.63, 3.8) is 0 Å². The number of hydrogen-bond donors (Lipinski definition) is 0. The van der Waals surface area contributed by atoms with Crippen LogP contribution in [0.2, 0.25) is 5.02 Å². The fourth-order valence-corrected chi connectivity index (χ4v) is 4.46. The summed E-state index contributed by atoms with van der Waals surface area (Å²) in [5.41, 5.74) is 5.71. The molecule has 0 bridgehead atoms. The number of ether oxygens (including phenoxy) is 1. The molecule has 1 saturated heterocycles. The van der Waals surface area contributed by atoms with Gasteiger partial charge in [0.1, 0.15) is 0 Å². The summed E-state index contributed by atoms with van der Waals surface area (Å²) in [6, 6.07) is 24.6. The van der Waals surface area contributed by atoms with Crippen molar-refractivity contribution in [2.45, 2.75) is 26.2 Å². The number of anilines is 1. The zero-order chi connectivity index (χ0) is 21.6. The smallest absolute Gasteiger partial charge is 0.338 e. The summed E-state index contributed by atoms with van der Waals surface area (Å²) in [7, 11) is 0. The molecule has 4 heteroatoms. The standard InChI is InChI=1S/C27H28ClNO2/c1-2-31-27(30)22-9-13-25(14-10-22)29-17-15-20(16-18-29)19-23-5-3-4-6-26(23)21-7-11-24(28)12-8-21/h3-14,20H,2,15-19H2,1H3. The molecule has 1 fully saturated rings. The molecule has 0 aliphatic carbocycles. The van der Waals surface area contributed by atoms with Gasteiger partial charge in [-0.1, -0.05) is 48.0 Å². The van der Waals surface area contributed by atoms with E-state index in [1.54, 1.807) is 0 Å². The van der Waals surface area contributed by atoms with Gasteiger partial charge < -0.3 is 9.64 Å². The minimum absolute atomic E-state index is 0.257. The van der Waals surface area contributed by atoms with Gasteiger partial charge >= 0.3 is 5.97 Å². The summed E-state index contributed by atoms with van der Waals surface area (Å²) >= 11 is 6.07. The highest BCUT2D eigenvalue weighted by Gasteiger charge is 2.21. The third-order valence-corrected chi connectivity index (χ3v) is 6.29. The van der Waals surface area contributed by atoms with Gasteiger partial charge in [0.2, 0.25) is 0 Å². The van der Waals surface area contributed by atoms with Gasteiger partial charge in [0.25, 0.3) is 0 Å². The lowest BCUT2D eigenvalue weighted by atomic mass is 9.87. The lowest BCUT2D eigenvalue weighted by molar-refractivity contribution is 0.0526. The van der Waals surface area contributed by atoms with Crippen LogP contribution in [-0.2, 0) is 11.2 Å². The maximum absolute atomic E-state index is 11.9. The molecule has 0 N–H and O–H groups in total. The van der Waals surface area contributed by atoms with Crippen LogP contribution in [0.15, 0.2) is 72.8 Å². The highest BCUT2D eigenvalue weighted by atomic mass is 35.5. The minimum Gasteiger partial charge on any atom is -0.462 e. The van der Waals surface area contributed by atoms with Gasteiger partial charge in [-0.2, -0.15) is 0 Å². The molecular formula is C27H28ClNO2. The van der Waals surface area contributed by atoms with Crippen LogP contribution >= 0.6 is 11.6 Å². The van der Waals surface area contributed by atoms with Crippen LogP contribution in [0.3, 0.4) is 0 Å². The van der Waals surface area contributed by atoms with Gasteiger partial charge in [-0.15, -0.1) is 0 Å². The fourth-order valence-electron chi connectivity index (χ4n) is 4.34. The molecule has 31 heavy (non-hydrogen) atoms. The molecule has 1 aliphatic heterocycles. The van der Waals surface area contributed by atoms with Gasteiger partial charge in [-0.25, -0.2) is 4.79 Å². The van der Waals surface area contributed by atoms with E-state index < -0.39 is 0 Å². The van der Waals surface area contributed by atoms with Crippen LogP contribution in [0.1, 0.15) is 35.7 Å². The second-order valence-corrected chi connectivity index (χ2v) is 8.50. The van der Waals surface area contributed by atoms with Crippen LogP contribution in [0.4, 0.5) is 5.69 Å². The Bertz CT molecular complexity index is 1010. The van der Waals surface area contributed by atoms with Crippen molar-refractivity contribution in [2.24, 2.45) is 5.92 Å². The molecular weight excluding hydrogens is 406 g/mol. The fraction of sp³-hybridized carbons (Fsp3) is 0.296. The first-order valence-electron chi connectivity index (χ1n) is 11.0. The lowest BCUT2D eigenvalue weighted by Gasteiger charge is -2.34. The molecule has 0 radical (unpaired) electrons. The Hall–Kier alpha value is -2.78. The van der Waals surface area contributed by atoms with E-state index in [1.165, 1.54) is 22.4 Å². The summed E-state index contributed by atoms with van der Waals surface area (Å²) in [5.74, 6) is 0.413. The van der Waals surface area contributed by atoms with Crippen molar-refractivity contribution in [2.75, 3.05) is 24.6 Å². The topological polar surface area (TPSA) is 29.5 Å². The third-order valence-electron chi connectivity index (χ3n) is 6.04. The van der Waals surface area contributed by atoms with E-state index in [0.29, 0.717) is 18.1 Å². The number of hydrogen-bond acceptors (Lipinski definition) is 3. The quantitative estimate of drug-likeness (QED) is 0.408. The highest BCUT2D eigenvalue weighted by Crippen LogP contribution is 2.31. The van der Waals surface area contributed by atoms with Crippen molar-refractivity contribution < 1.29 is 9.53 Å². The van der Waals surface area contributed by atoms with Gasteiger partial charge in [-0.05, 0) is 85.2 Å². The van der Waals surface area contributed by atoms with Crippen molar-refractivity contribution in [3.8, 4) is 11.1 Å². The Labute approximate surface area is 189 Å². The summed E-state index contributed by atoms with van der Waals surface area (Å²) < 4.78 is 5.07. The number of piperidine rings is 1. The third kappa shape index (κ3) is 5.29. The van der Waals surface area contributed by atoms with Crippen LogP contribution in [0, 0.1) is 5.92 Å². The predicted octanol–water partition coefficient (Wildman–Crippen LogP) is 6.64. The van der Waals surface area contributed by atoms with Gasteiger partial charge in [0, 0.05) is 23.8 Å². The number of nitrogens with zero attached hydrogens (tertiary/aromatic N) is 1. The summed E-state index contributed by atoms with van der Waals surface area (Å²) in [5, 5.41) is 0.767. The number of carbonyl (C=O) groups is 1. The second-order valence-electron chi connectivity index (χ2n) is 8.07. The van der Waals surface area contributed by atoms with Gasteiger partial charge in [-0.3, -0.25) is 0 Å². The monoisotopic (exact) mass is 433 g/mol. The van der Waals surface area contributed by atoms with Gasteiger partial charge in [0.15, 0.2) is 0 Å². The van der Waals surface area contributed by atoms with Crippen LogP contribution in [0.5, 0.6) is 0 Å². The molecule has 0 atom stereocenters. The SMILES string of the molecule is CCOC(=O)c1ccc(N2CCC(Cc3ccccc3-c3ccc(Cl)cc3)CC2)cc1. The Morgan fingerprint density at radius 3 is 2.32 bits per heavy atom. The molecule has 0 saturated carbocycles. The maximum Gasteiger partial charge on any atom is 0.338 e. The molecule has 0 unspecified atom stereocenters. The van der Waals surface area contributed by atoms with E-state index in [9.17, 15) is 4.79 Å². The number of halogens is 1. The summed E-state index contributed by atoms with van der Waals surface area (Å²) in [6.07, 6.45) is 3.41. The van der Waals surface area contributed by atoms with Crippen molar-refractivity contribution >= 4 is 23.3 Å². The average molecular weight is 434 g/mol. The number of rotatable bonds is 6. The van der Waals surface area contributed by atoms with Crippen molar-refractivity contribution in [1.82, 2.24) is 0 Å². The Morgan fingerprint density at radius 1 is 0.968 bits per heavy atom. The Balaban J connectivity index is 1.38. The number of carbonyl (C=O) groups excluding carboxylic acids is 1. The minimum atomic E-state index is -0.257. The van der Waals surface area contributed by atoms with E-state index in [0.717, 1.165) is 37.4 Å². The molecule has 160 valence electrons. The number of benzene rings is 3. The normalized spacial score (nSPS) is 14.5. The first-order valence-corrected chi connectivity index (χ1v) is 11.4. The van der Waals surface area contributed by atoms with E-state index in [-0.39, 0.29) is 5.97 Å². The average Bonchev–Trinajstić information content (AvgIpc) is 2.81. The predicted molar refractivity (Wildman–Crippen MR) is 128 cm³/mol. The summed E-state index contributed by atoms with van der Waals surface area (Å²) in [4.78, 5) is 14.3. The van der Waals surface area contributed by atoms with Crippen LogP contribution in [-0.4, -0.2) is 25.7 Å². The zero-order valence-corrected chi connectivity index (χ0v) is 18.6. The second kappa shape index (κ2) is 10.0. The summed E-state index contributed by atoms with van der Waals surface area (Å²) in [6.45, 7) is 4.29. The van der Waals surface area contributed by atoms with E-state index >= 15 is 0 Å². The molecule has 0 amide bonds. The largest absolute Gasteiger partial charge is 0.462 e. The maximum atomic E-state index is 11.9. The molecule has 3 aromatic carbocycles. The van der Waals surface area contributed by atoms with Crippen molar-refractivity contribution in [3.05, 3.63) is 88.9 Å². The van der Waals surface area contributed by atoms with Crippen LogP contribution < -0.4 is 4.90 Å². The first kappa shape index (κ1) is 21.5. The molecule has 3 aromatic rings. The van der Waals surface area contributed by atoms with E-state index in [4.69, 9.17) is 16.3 Å². The zero-order valence-electron chi connectivity index (χ0n) is 17.9. The Kier molecular flexibility index (Phi) is 6.93. The molecule has 0 spiro atoms. The number of esters is 1. The lowest BCUT2D eigenvalue weighted by Crippen LogP contribution is -2.34. The molecule has 4 rings (SSSR count). The van der Waals surface area contributed by atoms with E-state index in [2.05, 4.69) is 41.3 Å². The molecule has 3 nitrogen and oxygen atoms in total. The van der Waals surface area contributed by atoms with Crippen molar-refractivity contribution in [1.29, 1.82) is 0 Å².